The van der Waals surface area contributed by atoms with Gasteiger partial charge in [0.05, 0.1) is 11.5 Å². The Balaban J connectivity index is 1.85. The van der Waals surface area contributed by atoms with E-state index in [1.165, 1.54) is 16.4 Å². The van der Waals surface area contributed by atoms with Crippen LogP contribution in [-0.4, -0.2) is 38.3 Å². The van der Waals surface area contributed by atoms with Crippen LogP contribution in [0.15, 0.2) is 47.4 Å². The van der Waals surface area contributed by atoms with E-state index in [0.717, 1.165) is 6.07 Å². The summed E-state index contributed by atoms with van der Waals surface area (Å²) in [4.78, 5) is 11.8. The molecule has 30 heavy (non-hydrogen) atoms. The zero-order chi connectivity index (χ0) is 21.9. The molecule has 2 aromatic rings. The summed E-state index contributed by atoms with van der Waals surface area (Å²) in [5.74, 6) is -0.450. The van der Waals surface area contributed by atoms with Crippen LogP contribution in [0.2, 0.25) is 5.02 Å². The first kappa shape index (κ1) is 22.5. The average Bonchev–Trinajstić information content (AvgIpc) is 2.67. The molecule has 0 spiro atoms. The fraction of sp³-hybridized carbons (Fsp3) is 0.381. The van der Waals surface area contributed by atoms with Gasteiger partial charge in [-0.25, -0.2) is 12.8 Å². The van der Waals surface area contributed by atoms with Crippen molar-refractivity contribution >= 4 is 27.5 Å². The van der Waals surface area contributed by atoms with E-state index in [1.54, 1.807) is 31.2 Å². The minimum Gasteiger partial charge on any atom is -0.493 e. The fourth-order valence-corrected chi connectivity index (χ4v) is 5.78. The molecule has 9 heteroatoms. The highest BCUT2D eigenvalue weighted by atomic mass is 35.5. The van der Waals surface area contributed by atoms with E-state index in [9.17, 15) is 17.6 Å². The number of amides is 1. The molecule has 6 nitrogen and oxygen atoms in total. The molecule has 1 amide bonds. The number of ether oxygens (including phenoxy) is 1. The van der Waals surface area contributed by atoms with E-state index in [1.807, 2.05) is 0 Å². The minimum absolute atomic E-state index is 0.00495. The van der Waals surface area contributed by atoms with Crippen molar-refractivity contribution in [3.63, 3.8) is 0 Å². The lowest BCUT2D eigenvalue weighted by Crippen LogP contribution is -2.50. The molecule has 1 aliphatic rings. The van der Waals surface area contributed by atoms with Gasteiger partial charge in [-0.2, -0.15) is 4.31 Å². The number of primary amides is 1. The molecule has 1 heterocycles. The number of aryl methyl sites for hydroxylation is 1. The Kier molecular flexibility index (Phi) is 6.69. The third-order valence-corrected chi connectivity index (χ3v) is 7.55. The van der Waals surface area contributed by atoms with Gasteiger partial charge < -0.3 is 10.5 Å². The standard InChI is InChI=1S/C21H24ClFN2O4S/c1-15-11-17(23)5-8-19(15)30(27,28)25-10-2-9-21(13-25,12-20(24)26)14-29-18-6-3-16(22)4-7-18/h3-8,11H,2,9-10,12-14H2,1H3,(H2,24,26)/t21-/m1/s1. The van der Waals surface area contributed by atoms with Gasteiger partial charge in [0, 0.05) is 29.9 Å². The monoisotopic (exact) mass is 454 g/mol. The first-order valence-electron chi connectivity index (χ1n) is 9.54. The average molecular weight is 455 g/mol. The number of carbonyl (C=O) groups excluding carboxylic acids is 1. The van der Waals surface area contributed by atoms with Crippen LogP contribution in [0.5, 0.6) is 5.75 Å². The van der Waals surface area contributed by atoms with Crippen LogP contribution < -0.4 is 10.5 Å². The Morgan fingerprint density at radius 2 is 1.97 bits per heavy atom. The molecule has 162 valence electrons. The minimum atomic E-state index is -3.86. The van der Waals surface area contributed by atoms with Crippen molar-refractivity contribution in [3.05, 3.63) is 58.9 Å². The van der Waals surface area contributed by atoms with Crippen molar-refractivity contribution in [2.24, 2.45) is 11.1 Å². The number of halogens is 2. The van der Waals surface area contributed by atoms with Gasteiger partial charge in [0.15, 0.2) is 0 Å². The van der Waals surface area contributed by atoms with Gasteiger partial charge >= 0.3 is 0 Å². The third-order valence-electron chi connectivity index (χ3n) is 5.29. The van der Waals surface area contributed by atoms with Crippen LogP contribution in [0.1, 0.15) is 24.8 Å². The van der Waals surface area contributed by atoms with Crippen molar-refractivity contribution in [2.45, 2.75) is 31.1 Å². The van der Waals surface area contributed by atoms with Crippen LogP contribution in [0.3, 0.4) is 0 Å². The highest BCUT2D eigenvalue weighted by molar-refractivity contribution is 7.89. The summed E-state index contributed by atoms with van der Waals surface area (Å²) in [6.45, 7) is 2.08. The summed E-state index contributed by atoms with van der Waals surface area (Å²) in [5.41, 5.74) is 5.05. The summed E-state index contributed by atoms with van der Waals surface area (Å²) in [6, 6.07) is 10.4. The predicted molar refractivity (Wildman–Crippen MR) is 112 cm³/mol. The largest absolute Gasteiger partial charge is 0.493 e. The zero-order valence-electron chi connectivity index (χ0n) is 16.6. The molecule has 0 saturated carbocycles. The number of nitrogens with two attached hydrogens (primary N) is 1. The number of hydrogen-bond acceptors (Lipinski definition) is 4. The number of sulfonamides is 1. The highest BCUT2D eigenvalue weighted by Crippen LogP contribution is 2.37. The van der Waals surface area contributed by atoms with Gasteiger partial charge in [-0.05, 0) is 67.8 Å². The Hall–Kier alpha value is -2.16. The molecule has 2 aromatic carbocycles. The van der Waals surface area contributed by atoms with Crippen molar-refractivity contribution in [1.29, 1.82) is 0 Å². The Labute approximate surface area is 180 Å². The number of nitrogens with zero attached hydrogens (tertiary/aromatic N) is 1. The molecule has 1 atom stereocenters. The first-order chi connectivity index (χ1) is 14.1. The number of benzene rings is 2. The summed E-state index contributed by atoms with van der Waals surface area (Å²) in [7, 11) is -3.86. The van der Waals surface area contributed by atoms with Gasteiger partial charge in [0.25, 0.3) is 0 Å². The molecule has 0 bridgehead atoms. The Morgan fingerprint density at radius 1 is 1.27 bits per heavy atom. The second-order valence-electron chi connectivity index (χ2n) is 7.74. The van der Waals surface area contributed by atoms with Crippen LogP contribution in [0, 0.1) is 18.2 Å². The van der Waals surface area contributed by atoms with E-state index in [0.29, 0.717) is 35.7 Å². The maximum atomic E-state index is 13.4. The molecule has 0 aromatic heterocycles. The molecular weight excluding hydrogens is 431 g/mol. The summed E-state index contributed by atoms with van der Waals surface area (Å²) in [5, 5.41) is 0.568. The van der Waals surface area contributed by atoms with Crippen molar-refractivity contribution in [3.8, 4) is 5.75 Å². The zero-order valence-corrected chi connectivity index (χ0v) is 18.2. The fourth-order valence-electron chi connectivity index (χ4n) is 3.86. The lowest BCUT2D eigenvalue weighted by Gasteiger charge is -2.41. The lowest BCUT2D eigenvalue weighted by molar-refractivity contribution is -0.121. The topological polar surface area (TPSA) is 89.7 Å². The highest BCUT2D eigenvalue weighted by Gasteiger charge is 2.42. The van der Waals surface area contributed by atoms with Crippen LogP contribution in [-0.2, 0) is 14.8 Å². The Morgan fingerprint density at radius 3 is 2.60 bits per heavy atom. The number of hydrogen-bond donors (Lipinski definition) is 1. The number of piperidine rings is 1. The first-order valence-corrected chi connectivity index (χ1v) is 11.4. The molecule has 1 aliphatic heterocycles. The number of rotatable bonds is 7. The van der Waals surface area contributed by atoms with Crippen molar-refractivity contribution < 1.29 is 22.3 Å². The van der Waals surface area contributed by atoms with E-state index in [4.69, 9.17) is 22.1 Å². The second kappa shape index (κ2) is 8.91. The maximum Gasteiger partial charge on any atom is 0.243 e. The molecule has 0 unspecified atom stereocenters. The quantitative estimate of drug-likeness (QED) is 0.693. The maximum absolute atomic E-state index is 13.4. The van der Waals surface area contributed by atoms with Crippen molar-refractivity contribution in [2.75, 3.05) is 19.7 Å². The van der Waals surface area contributed by atoms with Crippen LogP contribution in [0.25, 0.3) is 0 Å². The van der Waals surface area contributed by atoms with Crippen LogP contribution in [0.4, 0.5) is 4.39 Å². The predicted octanol–water partition coefficient (Wildman–Crippen LogP) is 3.51. The molecule has 3 rings (SSSR count). The Bertz CT molecular complexity index is 1030. The third kappa shape index (κ3) is 5.11. The summed E-state index contributed by atoms with van der Waals surface area (Å²) >= 11 is 5.89. The van der Waals surface area contributed by atoms with Crippen molar-refractivity contribution in [1.82, 2.24) is 4.31 Å². The SMILES string of the molecule is Cc1cc(F)ccc1S(=O)(=O)N1CCC[C@@](COc2ccc(Cl)cc2)(CC(N)=O)C1. The molecule has 0 aliphatic carbocycles. The van der Waals surface area contributed by atoms with Gasteiger partial charge in [-0.15, -0.1) is 0 Å². The van der Waals surface area contributed by atoms with Gasteiger partial charge in [0.2, 0.25) is 15.9 Å². The lowest BCUT2D eigenvalue weighted by atomic mass is 9.78. The molecule has 2 N–H and O–H groups in total. The van der Waals surface area contributed by atoms with Gasteiger partial charge in [0.1, 0.15) is 11.6 Å². The smallest absolute Gasteiger partial charge is 0.243 e. The second-order valence-corrected chi connectivity index (χ2v) is 10.1. The van der Waals surface area contributed by atoms with E-state index >= 15 is 0 Å². The van der Waals surface area contributed by atoms with E-state index in [-0.39, 0.29) is 24.5 Å². The van der Waals surface area contributed by atoms with Gasteiger partial charge in [-0.1, -0.05) is 11.6 Å². The van der Waals surface area contributed by atoms with Gasteiger partial charge in [-0.3, -0.25) is 4.79 Å². The van der Waals surface area contributed by atoms with E-state index < -0.39 is 27.2 Å². The molecule has 1 saturated heterocycles. The molecule has 1 fully saturated rings. The normalized spacial score (nSPS) is 20.1. The summed E-state index contributed by atoms with van der Waals surface area (Å²) < 4.78 is 47.1. The van der Waals surface area contributed by atoms with Crippen LogP contribution >= 0.6 is 11.6 Å². The van der Waals surface area contributed by atoms with E-state index in [2.05, 4.69) is 0 Å². The summed E-state index contributed by atoms with van der Waals surface area (Å²) in [6.07, 6.45) is 1.14. The number of carbonyl (C=O) groups is 1. The molecule has 0 radical (unpaired) electrons. The molecular formula is C21H24ClFN2O4S.